The minimum absolute atomic E-state index is 0.0712. The SMILES string of the molecule is COc1ccc([C@@H](NC(=O)c2ncc[nH]c2=O)C2CC(O)C2)cn1. The second-order valence-electron chi connectivity index (χ2n) is 5.74. The number of aliphatic hydroxyl groups excluding tert-OH is 1. The summed E-state index contributed by atoms with van der Waals surface area (Å²) in [5.74, 6) is -0.0142. The molecule has 1 saturated carbocycles. The van der Waals surface area contributed by atoms with Crippen LogP contribution in [-0.2, 0) is 0 Å². The third kappa shape index (κ3) is 3.28. The molecule has 3 N–H and O–H groups in total. The number of amides is 1. The maximum Gasteiger partial charge on any atom is 0.279 e. The molecule has 1 aliphatic rings. The molecule has 0 saturated heterocycles. The fourth-order valence-electron chi connectivity index (χ4n) is 2.79. The number of aliphatic hydroxyl groups is 1. The Bertz CT molecular complexity index is 768. The van der Waals surface area contributed by atoms with Crippen molar-refractivity contribution in [1.29, 1.82) is 0 Å². The van der Waals surface area contributed by atoms with Gasteiger partial charge in [-0.1, -0.05) is 6.07 Å². The summed E-state index contributed by atoms with van der Waals surface area (Å²) in [4.78, 5) is 34.5. The van der Waals surface area contributed by atoms with Gasteiger partial charge in [-0.15, -0.1) is 0 Å². The van der Waals surface area contributed by atoms with Crippen molar-refractivity contribution in [2.45, 2.75) is 25.0 Å². The smallest absolute Gasteiger partial charge is 0.279 e. The van der Waals surface area contributed by atoms with Gasteiger partial charge in [0.25, 0.3) is 11.5 Å². The van der Waals surface area contributed by atoms with Crippen LogP contribution in [0.25, 0.3) is 0 Å². The lowest BCUT2D eigenvalue weighted by molar-refractivity contribution is 0.0234. The van der Waals surface area contributed by atoms with E-state index in [0.29, 0.717) is 18.7 Å². The normalized spacial score (nSPS) is 20.8. The zero-order chi connectivity index (χ0) is 17.1. The number of nitrogens with zero attached hydrogens (tertiary/aromatic N) is 2. The van der Waals surface area contributed by atoms with E-state index in [2.05, 4.69) is 20.3 Å². The zero-order valence-corrected chi connectivity index (χ0v) is 13.1. The molecule has 0 aromatic carbocycles. The number of H-pyrrole nitrogens is 1. The Morgan fingerprint density at radius 3 is 2.79 bits per heavy atom. The molecular weight excluding hydrogens is 312 g/mol. The molecule has 24 heavy (non-hydrogen) atoms. The molecule has 2 heterocycles. The molecule has 2 aromatic heterocycles. The molecule has 8 nitrogen and oxygen atoms in total. The average Bonchev–Trinajstić information content (AvgIpc) is 2.57. The predicted molar refractivity (Wildman–Crippen MR) is 84.6 cm³/mol. The number of rotatable bonds is 5. The largest absolute Gasteiger partial charge is 0.481 e. The van der Waals surface area contributed by atoms with Gasteiger partial charge < -0.3 is 20.1 Å². The van der Waals surface area contributed by atoms with Crippen LogP contribution in [0.15, 0.2) is 35.5 Å². The molecule has 1 atom stereocenters. The van der Waals surface area contributed by atoms with Gasteiger partial charge in [0.15, 0.2) is 5.69 Å². The molecule has 0 unspecified atom stereocenters. The Balaban J connectivity index is 1.83. The van der Waals surface area contributed by atoms with Crippen molar-refractivity contribution in [1.82, 2.24) is 20.3 Å². The van der Waals surface area contributed by atoms with Crippen LogP contribution < -0.4 is 15.6 Å². The summed E-state index contributed by atoms with van der Waals surface area (Å²) in [6.45, 7) is 0. The number of aromatic amines is 1. The van der Waals surface area contributed by atoms with Gasteiger partial charge in [0, 0.05) is 24.7 Å². The second-order valence-corrected chi connectivity index (χ2v) is 5.74. The summed E-state index contributed by atoms with van der Waals surface area (Å²) in [6, 6.07) is 3.15. The highest BCUT2D eigenvalue weighted by atomic mass is 16.5. The van der Waals surface area contributed by atoms with Crippen LogP contribution in [0.5, 0.6) is 5.88 Å². The number of ether oxygens (including phenoxy) is 1. The quantitative estimate of drug-likeness (QED) is 0.731. The minimum Gasteiger partial charge on any atom is -0.481 e. The van der Waals surface area contributed by atoms with Crippen LogP contribution in [0.1, 0.15) is 34.9 Å². The van der Waals surface area contributed by atoms with E-state index in [9.17, 15) is 14.7 Å². The van der Waals surface area contributed by atoms with Crippen LogP contribution in [0.3, 0.4) is 0 Å². The number of aromatic nitrogens is 3. The van der Waals surface area contributed by atoms with E-state index < -0.39 is 11.5 Å². The third-order valence-electron chi connectivity index (χ3n) is 4.16. The summed E-state index contributed by atoms with van der Waals surface area (Å²) >= 11 is 0. The summed E-state index contributed by atoms with van der Waals surface area (Å²) in [5.41, 5.74) is 0.0486. The highest BCUT2D eigenvalue weighted by Crippen LogP contribution is 2.38. The monoisotopic (exact) mass is 330 g/mol. The molecule has 2 aromatic rings. The van der Waals surface area contributed by atoms with Gasteiger partial charge in [0.1, 0.15) is 0 Å². The topological polar surface area (TPSA) is 117 Å². The maximum absolute atomic E-state index is 12.4. The molecule has 0 radical (unpaired) electrons. The van der Waals surface area contributed by atoms with Crippen LogP contribution in [0.4, 0.5) is 0 Å². The van der Waals surface area contributed by atoms with Gasteiger partial charge in [-0.3, -0.25) is 9.59 Å². The Morgan fingerprint density at radius 2 is 2.21 bits per heavy atom. The minimum atomic E-state index is -0.556. The number of methoxy groups -OCH3 is 1. The highest BCUT2D eigenvalue weighted by molar-refractivity contribution is 5.92. The summed E-state index contributed by atoms with van der Waals surface area (Å²) in [6.07, 6.45) is 5.14. The number of hydrogen-bond donors (Lipinski definition) is 3. The second kappa shape index (κ2) is 6.79. The summed E-state index contributed by atoms with van der Waals surface area (Å²) in [5, 5.41) is 12.4. The van der Waals surface area contributed by atoms with E-state index in [0.717, 1.165) is 5.56 Å². The van der Waals surface area contributed by atoms with Gasteiger partial charge in [0.2, 0.25) is 5.88 Å². The van der Waals surface area contributed by atoms with Crippen LogP contribution >= 0.6 is 0 Å². The molecule has 8 heteroatoms. The van der Waals surface area contributed by atoms with Gasteiger partial charge in [0.05, 0.1) is 19.3 Å². The third-order valence-corrected chi connectivity index (χ3v) is 4.16. The molecule has 3 rings (SSSR count). The fourth-order valence-corrected chi connectivity index (χ4v) is 2.79. The lowest BCUT2D eigenvalue weighted by Gasteiger charge is -2.38. The highest BCUT2D eigenvalue weighted by Gasteiger charge is 2.36. The van der Waals surface area contributed by atoms with Crippen molar-refractivity contribution >= 4 is 5.91 Å². The standard InChI is InChI=1S/C16H18N4O4/c1-24-12-3-2-9(8-19-12)13(10-6-11(21)7-10)20-16(23)14-15(22)18-5-4-17-14/h2-5,8,10-11,13,21H,6-7H2,1H3,(H,18,22)(H,20,23)/t10?,11?,13-/m1/s1. The van der Waals surface area contributed by atoms with Gasteiger partial charge in [-0.05, 0) is 24.3 Å². The van der Waals surface area contributed by atoms with Crippen LogP contribution in [-0.4, -0.2) is 39.2 Å². The number of carbonyl (C=O) groups is 1. The number of nitrogens with one attached hydrogen (secondary N) is 2. The molecular formula is C16H18N4O4. The van der Waals surface area contributed by atoms with Crippen LogP contribution in [0.2, 0.25) is 0 Å². The van der Waals surface area contributed by atoms with Crippen molar-refractivity contribution in [3.63, 3.8) is 0 Å². The number of carbonyl (C=O) groups excluding carboxylic acids is 1. The summed E-state index contributed by atoms with van der Waals surface area (Å²) < 4.78 is 5.04. The van der Waals surface area contributed by atoms with E-state index >= 15 is 0 Å². The first-order chi connectivity index (χ1) is 11.6. The Morgan fingerprint density at radius 1 is 1.42 bits per heavy atom. The van der Waals surface area contributed by atoms with Crippen molar-refractivity contribution < 1.29 is 14.6 Å². The summed E-state index contributed by atoms with van der Waals surface area (Å²) in [7, 11) is 1.52. The molecule has 0 aliphatic heterocycles. The number of hydrogen-bond acceptors (Lipinski definition) is 6. The number of pyridine rings is 1. The van der Waals surface area contributed by atoms with Gasteiger partial charge >= 0.3 is 0 Å². The Kier molecular flexibility index (Phi) is 4.57. The fraction of sp³-hybridized carbons (Fsp3) is 0.375. The lowest BCUT2D eigenvalue weighted by Crippen LogP contribution is -2.42. The van der Waals surface area contributed by atoms with Crippen molar-refractivity contribution in [2.24, 2.45) is 5.92 Å². The Hall–Kier alpha value is -2.74. The van der Waals surface area contributed by atoms with Crippen molar-refractivity contribution in [3.8, 4) is 5.88 Å². The Labute approximate surface area is 137 Å². The van der Waals surface area contributed by atoms with E-state index in [1.54, 1.807) is 12.3 Å². The first kappa shape index (κ1) is 16.1. The predicted octanol–water partition coefficient (Wildman–Crippen LogP) is 0.415. The van der Waals surface area contributed by atoms with Crippen LogP contribution in [0, 0.1) is 5.92 Å². The average molecular weight is 330 g/mol. The van der Waals surface area contributed by atoms with Crippen molar-refractivity contribution in [2.75, 3.05) is 7.11 Å². The first-order valence-corrected chi connectivity index (χ1v) is 7.61. The maximum atomic E-state index is 12.4. The molecule has 0 spiro atoms. The molecule has 1 fully saturated rings. The van der Waals surface area contributed by atoms with E-state index in [-0.39, 0.29) is 23.8 Å². The van der Waals surface area contributed by atoms with Crippen molar-refractivity contribution in [3.05, 3.63) is 52.3 Å². The first-order valence-electron chi connectivity index (χ1n) is 7.61. The van der Waals surface area contributed by atoms with E-state index in [1.807, 2.05) is 6.07 Å². The molecule has 1 amide bonds. The molecule has 1 aliphatic carbocycles. The van der Waals surface area contributed by atoms with Gasteiger partial charge in [-0.25, -0.2) is 9.97 Å². The molecule has 126 valence electrons. The van der Waals surface area contributed by atoms with Gasteiger partial charge in [-0.2, -0.15) is 0 Å². The van der Waals surface area contributed by atoms with E-state index in [4.69, 9.17) is 4.74 Å². The van der Waals surface area contributed by atoms with E-state index in [1.165, 1.54) is 19.5 Å². The lowest BCUT2D eigenvalue weighted by atomic mass is 9.75. The molecule has 0 bridgehead atoms. The zero-order valence-electron chi connectivity index (χ0n) is 13.1.